The highest BCUT2D eigenvalue weighted by Crippen LogP contribution is 2.38. The minimum Gasteiger partial charge on any atom is -0.508 e. The van der Waals surface area contributed by atoms with Crippen LogP contribution in [0.4, 0.5) is 5.69 Å². The van der Waals surface area contributed by atoms with E-state index in [1.54, 1.807) is 36.4 Å². The van der Waals surface area contributed by atoms with Gasteiger partial charge in [0.05, 0.1) is 11.7 Å². The Morgan fingerprint density at radius 3 is 2.50 bits per heavy atom. The number of unbranched alkanes of at least 4 members (excludes halogenated alkanes) is 1. The maximum atomic E-state index is 12.5. The summed E-state index contributed by atoms with van der Waals surface area (Å²) in [6.07, 6.45) is 6.60. The van der Waals surface area contributed by atoms with Gasteiger partial charge in [-0.15, -0.1) is 13.2 Å². The zero-order valence-corrected chi connectivity index (χ0v) is 17.2. The number of nitrogens with two attached hydrogens (primary N) is 2. The van der Waals surface area contributed by atoms with Crippen molar-refractivity contribution in [2.75, 3.05) is 11.9 Å². The number of carbonyl (C=O) groups excluding carboxylic acids is 1. The highest BCUT2D eigenvalue weighted by molar-refractivity contribution is 5.97. The number of nitrogens with one attached hydrogen (secondary N) is 1. The third-order valence-electron chi connectivity index (χ3n) is 4.87. The van der Waals surface area contributed by atoms with E-state index in [2.05, 4.69) is 18.5 Å². The number of amides is 1. The molecule has 6 nitrogen and oxygen atoms in total. The maximum Gasteiger partial charge on any atom is 0.241 e. The zero-order chi connectivity index (χ0) is 22.1. The van der Waals surface area contributed by atoms with Crippen LogP contribution >= 0.6 is 0 Å². The van der Waals surface area contributed by atoms with Gasteiger partial charge in [0.15, 0.2) is 0 Å². The number of phenols is 2. The van der Waals surface area contributed by atoms with Gasteiger partial charge < -0.3 is 27.0 Å². The van der Waals surface area contributed by atoms with Gasteiger partial charge in [0.25, 0.3) is 0 Å². The number of anilines is 1. The monoisotopic (exact) mass is 409 g/mol. The average Bonchev–Trinajstić information content (AvgIpc) is 2.72. The predicted molar refractivity (Wildman–Crippen MR) is 123 cm³/mol. The molecule has 0 aliphatic heterocycles. The van der Waals surface area contributed by atoms with Crippen LogP contribution in [0.5, 0.6) is 11.5 Å². The van der Waals surface area contributed by atoms with Crippen LogP contribution in [-0.4, -0.2) is 28.7 Å². The normalized spacial score (nSPS) is 11.7. The van der Waals surface area contributed by atoms with Crippen LogP contribution in [0, 0.1) is 0 Å². The number of rotatable bonds is 11. The number of aromatic hydroxyl groups is 2. The Labute approximate surface area is 177 Å². The largest absolute Gasteiger partial charge is 0.508 e. The van der Waals surface area contributed by atoms with Crippen LogP contribution < -0.4 is 16.8 Å². The van der Waals surface area contributed by atoms with E-state index in [4.69, 9.17) is 11.5 Å². The van der Waals surface area contributed by atoms with Crippen LogP contribution in [0.2, 0.25) is 0 Å². The lowest BCUT2D eigenvalue weighted by molar-refractivity contribution is -0.117. The SMILES string of the molecule is C=CCc1cc(NC(=O)[C@@H](N)CCCCN)c(O)c(-c2ccc(O)c(CC=C)c2)c1. The van der Waals surface area contributed by atoms with Crippen molar-refractivity contribution in [1.29, 1.82) is 0 Å². The fraction of sp³-hybridized carbons (Fsp3) is 0.292. The molecule has 0 fully saturated rings. The number of phenolic OH excluding ortho intramolecular Hbond substituents is 2. The van der Waals surface area contributed by atoms with E-state index in [0.29, 0.717) is 42.6 Å². The van der Waals surface area contributed by atoms with Crippen molar-refractivity contribution in [3.05, 3.63) is 66.8 Å². The second kappa shape index (κ2) is 11.2. The summed E-state index contributed by atoms with van der Waals surface area (Å²) in [4.78, 5) is 12.5. The third-order valence-corrected chi connectivity index (χ3v) is 4.87. The molecule has 0 heterocycles. The summed E-state index contributed by atoms with van der Waals surface area (Å²) in [6, 6.07) is 7.98. The molecule has 0 aliphatic carbocycles. The van der Waals surface area contributed by atoms with Gasteiger partial charge in [-0.25, -0.2) is 0 Å². The highest BCUT2D eigenvalue weighted by Gasteiger charge is 2.18. The highest BCUT2D eigenvalue weighted by atomic mass is 16.3. The predicted octanol–water partition coefficient (Wildman–Crippen LogP) is 3.62. The minimum atomic E-state index is -0.685. The van der Waals surface area contributed by atoms with Crippen LogP contribution in [-0.2, 0) is 17.6 Å². The molecular weight excluding hydrogens is 378 g/mol. The van der Waals surface area contributed by atoms with Crippen molar-refractivity contribution in [2.45, 2.75) is 38.1 Å². The van der Waals surface area contributed by atoms with E-state index >= 15 is 0 Å². The average molecular weight is 410 g/mol. The topological polar surface area (TPSA) is 122 Å². The van der Waals surface area contributed by atoms with Gasteiger partial charge >= 0.3 is 0 Å². The first-order chi connectivity index (χ1) is 14.4. The lowest BCUT2D eigenvalue weighted by atomic mass is 9.96. The van der Waals surface area contributed by atoms with Crippen molar-refractivity contribution in [3.63, 3.8) is 0 Å². The molecule has 0 saturated heterocycles. The smallest absolute Gasteiger partial charge is 0.241 e. The molecule has 6 heteroatoms. The summed E-state index contributed by atoms with van der Waals surface area (Å²) >= 11 is 0. The van der Waals surface area contributed by atoms with Crippen molar-refractivity contribution in [2.24, 2.45) is 11.5 Å². The number of hydrogen-bond donors (Lipinski definition) is 5. The van der Waals surface area contributed by atoms with Gasteiger partial charge in [0, 0.05) is 5.56 Å². The molecule has 0 radical (unpaired) electrons. The van der Waals surface area contributed by atoms with Crippen molar-refractivity contribution >= 4 is 11.6 Å². The Morgan fingerprint density at radius 1 is 1.10 bits per heavy atom. The van der Waals surface area contributed by atoms with Gasteiger partial charge in [-0.2, -0.15) is 0 Å². The molecule has 0 aliphatic rings. The summed E-state index contributed by atoms with van der Waals surface area (Å²) in [6.45, 7) is 8.03. The number of allylic oxidation sites excluding steroid dienone is 2. The molecule has 0 unspecified atom stereocenters. The van der Waals surface area contributed by atoms with Gasteiger partial charge in [0.1, 0.15) is 11.5 Å². The maximum absolute atomic E-state index is 12.5. The Balaban J connectivity index is 2.40. The molecule has 1 amide bonds. The molecule has 7 N–H and O–H groups in total. The first-order valence-corrected chi connectivity index (χ1v) is 10.1. The van der Waals surface area contributed by atoms with E-state index in [9.17, 15) is 15.0 Å². The molecule has 2 rings (SSSR count). The Hall–Kier alpha value is -3.09. The van der Waals surface area contributed by atoms with Crippen LogP contribution in [0.25, 0.3) is 11.1 Å². The Bertz CT molecular complexity index is 909. The lowest BCUT2D eigenvalue weighted by Crippen LogP contribution is -2.35. The molecule has 30 heavy (non-hydrogen) atoms. The minimum absolute atomic E-state index is 0.0550. The van der Waals surface area contributed by atoms with Gasteiger partial charge in [-0.3, -0.25) is 4.79 Å². The van der Waals surface area contributed by atoms with Gasteiger partial charge in [0.2, 0.25) is 5.91 Å². The third kappa shape index (κ3) is 5.95. The van der Waals surface area contributed by atoms with E-state index in [0.717, 1.165) is 24.0 Å². The van der Waals surface area contributed by atoms with Crippen molar-refractivity contribution in [3.8, 4) is 22.6 Å². The molecule has 0 aromatic heterocycles. The van der Waals surface area contributed by atoms with Crippen molar-refractivity contribution < 1.29 is 15.0 Å². The van der Waals surface area contributed by atoms with Crippen LogP contribution in [0.3, 0.4) is 0 Å². The number of carbonyl (C=O) groups is 1. The Kier molecular flexibility index (Phi) is 8.65. The standard InChI is InChI=1S/C24H31N3O3/c1-3-7-16-13-19(17-10-11-22(28)18(15-17)8-4-2)23(29)21(14-16)27-24(30)20(26)9-5-6-12-25/h3-4,10-11,13-15,20,28-29H,1-2,5-9,12,25-26H2,(H,27,30)/t20-/m0/s1. The van der Waals surface area contributed by atoms with Crippen LogP contribution in [0.15, 0.2) is 55.6 Å². The fourth-order valence-corrected chi connectivity index (χ4v) is 3.23. The summed E-state index contributed by atoms with van der Waals surface area (Å²) in [7, 11) is 0. The fourth-order valence-electron chi connectivity index (χ4n) is 3.23. The van der Waals surface area contributed by atoms with Gasteiger partial charge in [-0.1, -0.05) is 24.6 Å². The summed E-state index contributed by atoms with van der Waals surface area (Å²) in [5, 5.41) is 23.7. The molecule has 0 bridgehead atoms. The second-order valence-electron chi connectivity index (χ2n) is 7.25. The number of benzene rings is 2. The summed E-state index contributed by atoms with van der Waals surface area (Å²) in [5.74, 6) is -0.250. The first kappa shape index (κ1) is 23.2. The molecule has 1 atom stereocenters. The summed E-state index contributed by atoms with van der Waals surface area (Å²) in [5.41, 5.74) is 14.6. The number of hydrogen-bond acceptors (Lipinski definition) is 5. The Morgan fingerprint density at radius 2 is 1.83 bits per heavy atom. The van der Waals surface area contributed by atoms with Crippen LogP contribution in [0.1, 0.15) is 30.4 Å². The zero-order valence-electron chi connectivity index (χ0n) is 17.2. The molecule has 0 spiro atoms. The van der Waals surface area contributed by atoms with Crippen molar-refractivity contribution in [1.82, 2.24) is 0 Å². The molecule has 0 saturated carbocycles. The van der Waals surface area contributed by atoms with E-state index in [1.165, 1.54) is 0 Å². The second-order valence-corrected chi connectivity index (χ2v) is 7.25. The molecule has 2 aromatic rings. The molecule has 160 valence electrons. The first-order valence-electron chi connectivity index (χ1n) is 10.1. The van der Waals surface area contributed by atoms with E-state index < -0.39 is 6.04 Å². The molecular formula is C24H31N3O3. The summed E-state index contributed by atoms with van der Waals surface area (Å²) < 4.78 is 0. The lowest BCUT2D eigenvalue weighted by Gasteiger charge is -2.17. The quantitative estimate of drug-likeness (QED) is 0.220. The molecule has 2 aromatic carbocycles. The van der Waals surface area contributed by atoms with E-state index in [1.807, 2.05) is 6.07 Å². The van der Waals surface area contributed by atoms with E-state index in [-0.39, 0.29) is 17.4 Å². The van der Waals surface area contributed by atoms with Gasteiger partial charge in [-0.05, 0) is 73.2 Å².